The number of hydrogen-bond acceptors (Lipinski definition) is 5. The number of pyridine rings is 1. The van der Waals surface area contributed by atoms with E-state index in [1.807, 2.05) is 60.7 Å². The van der Waals surface area contributed by atoms with Gasteiger partial charge in [-0.15, -0.1) is 0 Å². The predicted octanol–water partition coefficient (Wildman–Crippen LogP) is 4.02. The highest BCUT2D eigenvalue weighted by molar-refractivity contribution is 5.85. The van der Waals surface area contributed by atoms with E-state index < -0.39 is 0 Å². The van der Waals surface area contributed by atoms with Gasteiger partial charge in [-0.1, -0.05) is 30.3 Å². The first-order valence-corrected chi connectivity index (χ1v) is 11.2. The molecule has 1 aliphatic heterocycles. The molecule has 7 nitrogen and oxygen atoms in total. The Bertz CT molecular complexity index is 1390. The van der Waals surface area contributed by atoms with Crippen molar-refractivity contribution in [3.63, 3.8) is 0 Å². The molecule has 168 valence electrons. The molecular formula is C26H26N4O3. The Kier molecular flexibility index (Phi) is 5.79. The first-order valence-electron chi connectivity index (χ1n) is 11.2. The van der Waals surface area contributed by atoms with E-state index in [1.54, 1.807) is 17.7 Å². The topological polar surface area (TPSA) is 80.2 Å². The Hall–Kier alpha value is -3.71. The Morgan fingerprint density at radius 2 is 1.76 bits per heavy atom. The highest BCUT2D eigenvalue weighted by Crippen LogP contribution is 2.31. The molecule has 1 saturated heterocycles. The van der Waals surface area contributed by atoms with Gasteiger partial charge in [-0.25, -0.2) is 4.79 Å². The lowest BCUT2D eigenvalue weighted by Crippen LogP contribution is -2.39. The predicted molar refractivity (Wildman–Crippen MR) is 128 cm³/mol. The van der Waals surface area contributed by atoms with Crippen LogP contribution in [-0.2, 0) is 6.54 Å². The van der Waals surface area contributed by atoms with Crippen molar-refractivity contribution in [3.8, 4) is 11.5 Å². The molecule has 5 rings (SSSR count). The maximum absolute atomic E-state index is 12.2. The van der Waals surface area contributed by atoms with E-state index in [2.05, 4.69) is 9.88 Å². The fraction of sp³-hybridized carbons (Fsp3) is 0.269. The molecule has 7 heteroatoms. The van der Waals surface area contributed by atoms with Crippen LogP contribution in [0.3, 0.4) is 0 Å². The van der Waals surface area contributed by atoms with E-state index in [0.29, 0.717) is 12.1 Å². The highest BCUT2D eigenvalue weighted by Gasteiger charge is 2.22. The van der Waals surface area contributed by atoms with Crippen LogP contribution in [0.2, 0.25) is 0 Å². The van der Waals surface area contributed by atoms with Gasteiger partial charge in [0.2, 0.25) is 0 Å². The number of ether oxygens (including phenoxy) is 1. The number of rotatable bonds is 5. The largest absolute Gasteiger partial charge is 0.457 e. The van der Waals surface area contributed by atoms with Crippen LogP contribution in [0.5, 0.6) is 11.5 Å². The van der Waals surface area contributed by atoms with Gasteiger partial charge in [-0.05, 0) is 44.0 Å². The van der Waals surface area contributed by atoms with E-state index >= 15 is 0 Å². The molecule has 1 aliphatic rings. The second kappa shape index (κ2) is 9.03. The van der Waals surface area contributed by atoms with E-state index in [4.69, 9.17) is 9.72 Å². The lowest BCUT2D eigenvalue weighted by molar-refractivity contribution is 0.175. The van der Waals surface area contributed by atoms with Crippen LogP contribution in [0.1, 0.15) is 30.1 Å². The van der Waals surface area contributed by atoms with Gasteiger partial charge in [0.05, 0.1) is 11.2 Å². The molecule has 0 aliphatic carbocycles. The van der Waals surface area contributed by atoms with Crippen molar-refractivity contribution in [2.24, 2.45) is 0 Å². The van der Waals surface area contributed by atoms with Gasteiger partial charge in [-0.2, -0.15) is 0 Å². The zero-order valence-corrected chi connectivity index (χ0v) is 18.5. The summed E-state index contributed by atoms with van der Waals surface area (Å²) in [4.78, 5) is 33.5. The lowest BCUT2D eigenvalue weighted by atomic mass is 10.0. The molecule has 2 aromatic heterocycles. The van der Waals surface area contributed by atoms with Gasteiger partial charge in [0.15, 0.2) is 0 Å². The molecule has 4 aromatic rings. The van der Waals surface area contributed by atoms with E-state index in [1.165, 1.54) is 0 Å². The molecule has 0 radical (unpaired) electrons. The Morgan fingerprint density at radius 1 is 1.03 bits per heavy atom. The quantitative estimate of drug-likeness (QED) is 0.505. The summed E-state index contributed by atoms with van der Waals surface area (Å²) in [5.74, 6) is 1.59. The SMILES string of the molecule is Cc1cn(C2CCN(Cc3cc(Oc4ccccc4)c4ccccc4n3)CC2)c(=O)[nH]c1=O. The van der Waals surface area contributed by atoms with Crippen LogP contribution in [0.25, 0.3) is 10.9 Å². The molecule has 2 aromatic carbocycles. The molecule has 0 amide bonds. The number of H-pyrrole nitrogens is 1. The van der Waals surface area contributed by atoms with Gasteiger partial charge in [0.1, 0.15) is 11.5 Å². The second-order valence-corrected chi connectivity index (χ2v) is 8.53. The molecule has 0 saturated carbocycles. The van der Waals surface area contributed by atoms with E-state index in [-0.39, 0.29) is 17.3 Å². The molecule has 33 heavy (non-hydrogen) atoms. The molecule has 1 fully saturated rings. The van der Waals surface area contributed by atoms with Gasteiger partial charge in [-0.3, -0.25) is 24.2 Å². The van der Waals surface area contributed by atoms with Crippen molar-refractivity contribution in [3.05, 3.63) is 99.0 Å². The van der Waals surface area contributed by atoms with Crippen molar-refractivity contribution in [1.29, 1.82) is 0 Å². The van der Waals surface area contributed by atoms with Crippen LogP contribution < -0.4 is 16.0 Å². The number of likely N-dealkylation sites (tertiary alicyclic amines) is 1. The van der Waals surface area contributed by atoms with E-state index in [0.717, 1.165) is 54.0 Å². The summed E-state index contributed by atoms with van der Waals surface area (Å²) < 4.78 is 7.88. The minimum atomic E-state index is -0.331. The van der Waals surface area contributed by atoms with Crippen molar-refractivity contribution in [1.82, 2.24) is 19.4 Å². The number of para-hydroxylation sites is 2. The highest BCUT2D eigenvalue weighted by atomic mass is 16.5. The summed E-state index contributed by atoms with van der Waals surface area (Å²) in [6.45, 7) is 4.13. The first-order chi connectivity index (χ1) is 16.1. The number of aromatic amines is 1. The second-order valence-electron chi connectivity index (χ2n) is 8.53. The zero-order chi connectivity index (χ0) is 22.8. The normalized spacial score (nSPS) is 15.1. The number of nitrogens with zero attached hydrogens (tertiary/aromatic N) is 3. The first kappa shape index (κ1) is 21.2. The van der Waals surface area contributed by atoms with Crippen LogP contribution >= 0.6 is 0 Å². The van der Waals surface area contributed by atoms with Crippen molar-refractivity contribution >= 4 is 10.9 Å². The molecule has 0 spiro atoms. The van der Waals surface area contributed by atoms with E-state index in [9.17, 15) is 9.59 Å². The standard InChI is InChI=1S/C26H26N4O3/c1-18-16-30(26(32)28-25(18)31)20-11-13-29(14-12-20)17-19-15-24(33-21-7-3-2-4-8-21)22-9-5-6-10-23(22)27-19/h2-10,15-16,20H,11-14,17H2,1H3,(H,28,31,32). The minimum absolute atomic E-state index is 0.0887. The number of aryl methyl sites for hydroxylation is 1. The van der Waals surface area contributed by atoms with Gasteiger partial charge in [0.25, 0.3) is 5.56 Å². The summed E-state index contributed by atoms with van der Waals surface area (Å²) >= 11 is 0. The fourth-order valence-electron chi connectivity index (χ4n) is 4.42. The van der Waals surface area contributed by atoms with Crippen LogP contribution in [-0.4, -0.2) is 32.5 Å². The van der Waals surface area contributed by atoms with Gasteiger partial charge in [0, 0.05) is 48.9 Å². The zero-order valence-electron chi connectivity index (χ0n) is 18.5. The average molecular weight is 443 g/mol. The van der Waals surface area contributed by atoms with Crippen LogP contribution in [0, 0.1) is 6.92 Å². The number of piperidine rings is 1. The maximum Gasteiger partial charge on any atom is 0.328 e. The molecule has 0 atom stereocenters. The Balaban J connectivity index is 1.33. The molecule has 0 bridgehead atoms. The maximum atomic E-state index is 12.2. The molecule has 0 unspecified atom stereocenters. The van der Waals surface area contributed by atoms with Crippen molar-refractivity contribution in [2.45, 2.75) is 32.4 Å². The lowest BCUT2D eigenvalue weighted by Gasteiger charge is -2.32. The summed E-state index contributed by atoms with van der Waals surface area (Å²) in [6.07, 6.45) is 3.36. The van der Waals surface area contributed by atoms with Crippen LogP contribution in [0.4, 0.5) is 0 Å². The third-order valence-corrected chi connectivity index (χ3v) is 6.18. The minimum Gasteiger partial charge on any atom is -0.457 e. The Morgan fingerprint density at radius 3 is 2.55 bits per heavy atom. The van der Waals surface area contributed by atoms with Gasteiger partial charge < -0.3 is 4.74 Å². The Labute approximate surface area is 191 Å². The number of fused-ring (bicyclic) bond motifs is 1. The molecule has 3 heterocycles. The van der Waals surface area contributed by atoms with Crippen molar-refractivity contribution < 1.29 is 4.74 Å². The summed E-state index contributed by atoms with van der Waals surface area (Å²) in [7, 11) is 0. The number of aromatic nitrogens is 3. The third-order valence-electron chi connectivity index (χ3n) is 6.18. The third kappa shape index (κ3) is 4.59. The monoisotopic (exact) mass is 442 g/mol. The van der Waals surface area contributed by atoms with Crippen molar-refractivity contribution in [2.75, 3.05) is 13.1 Å². The average Bonchev–Trinajstić information content (AvgIpc) is 2.83. The molecule has 1 N–H and O–H groups in total. The van der Waals surface area contributed by atoms with Crippen LogP contribution in [0.15, 0.2) is 76.4 Å². The number of benzene rings is 2. The van der Waals surface area contributed by atoms with Gasteiger partial charge >= 0.3 is 5.69 Å². The number of nitrogens with one attached hydrogen (secondary N) is 1. The molecular weight excluding hydrogens is 416 g/mol. The summed E-state index contributed by atoms with van der Waals surface area (Å²) in [5, 5.41) is 0.983. The summed E-state index contributed by atoms with van der Waals surface area (Å²) in [6, 6.07) is 19.9. The smallest absolute Gasteiger partial charge is 0.328 e. The fourth-order valence-corrected chi connectivity index (χ4v) is 4.42. The number of hydrogen-bond donors (Lipinski definition) is 1. The summed E-state index contributed by atoms with van der Waals surface area (Å²) in [5.41, 5.74) is 1.78.